The zero-order valence-electron chi connectivity index (χ0n) is 10.7. The molecule has 0 aromatic carbocycles. The van der Waals surface area contributed by atoms with Gasteiger partial charge in [0.05, 0.1) is 12.5 Å². The SMILES string of the molecule is COC(CN)CC(=O)NC(C)(C)CCC(=O)O. The number of aliphatic carboxylic acids is 1. The Kier molecular flexibility index (Phi) is 6.75. The fourth-order valence-electron chi connectivity index (χ4n) is 1.38. The van der Waals surface area contributed by atoms with Crippen LogP contribution in [-0.4, -0.2) is 42.3 Å². The topological polar surface area (TPSA) is 102 Å². The number of amides is 1. The largest absolute Gasteiger partial charge is 0.481 e. The lowest BCUT2D eigenvalue weighted by atomic mass is 9.98. The summed E-state index contributed by atoms with van der Waals surface area (Å²) in [7, 11) is 1.50. The van der Waals surface area contributed by atoms with Gasteiger partial charge in [0.1, 0.15) is 0 Å². The predicted molar refractivity (Wildman–Crippen MR) is 63.6 cm³/mol. The summed E-state index contributed by atoms with van der Waals surface area (Å²) >= 11 is 0. The molecule has 6 nitrogen and oxygen atoms in total. The van der Waals surface area contributed by atoms with Crippen molar-refractivity contribution in [2.45, 2.75) is 44.8 Å². The van der Waals surface area contributed by atoms with E-state index in [1.54, 1.807) is 13.8 Å². The standard InChI is InChI=1S/C11H22N2O4/c1-11(2,5-4-10(15)16)13-9(14)6-8(7-12)17-3/h8H,4-7,12H2,1-3H3,(H,13,14)(H,15,16). The molecule has 0 aliphatic heterocycles. The summed E-state index contributed by atoms with van der Waals surface area (Å²) in [6.07, 6.45) is 0.292. The van der Waals surface area contributed by atoms with Crippen molar-refractivity contribution in [3.8, 4) is 0 Å². The first-order chi connectivity index (χ1) is 7.80. The van der Waals surface area contributed by atoms with Crippen LogP contribution in [0.2, 0.25) is 0 Å². The number of ether oxygens (including phenoxy) is 1. The third kappa shape index (κ3) is 7.70. The molecule has 0 aromatic rings. The van der Waals surface area contributed by atoms with Crippen molar-refractivity contribution < 1.29 is 19.4 Å². The van der Waals surface area contributed by atoms with Crippen molar-refractivity contribution in [2.24, 2.45) is 5.73 Å². The third-order valence-electron chi connectivity index (χ3n) is 2.45. The molecule has 0 aliphatic rings. The van der Waals surface area contributed by atoms with Crippen molar-refractivity contribution >= 4 is 11.9 Å². The van der Waals surface area contributed by atoms with Gasteiger partial charge < -0.3 is 20.9 Å². The fraction of sp³-hybridized carbons (Fsp3) is 0.818. The van der Waals surface area contributed by atoms with Crippen LogP contribution in [-0.2, 0) is 14.3 Å². The van der Waals surface area contributed by atoms with Crippen molar-refractivity contribution in [1.82, 2.24) is 5.32 Å². The number of carbonyl (C=O) groups is 2. The summed E-state index contributed by atoms with van der Waals surface area (Å²) in [4.78, 5) is 22.1. The maximum absolute atomic E-state index is 11.6. The Balaban J connectivity index is 4.12. The summed E-state index contributed by atoms with van der Waals surface area (Å²) < 4.78 is 5.00. The zero-order chi connectivity index (χ0) is 13.5. The second kappa shape index (κ2) is 7.24. The second-order valence-corrected chi connectivity index (χ2v) is 4.62. The monoisotopic (exact) mass is 246 g/mol. The summed E-state index contributed by atoms with van der Waals surface area (Å²) in [6, 6.07) is 0. The third-order valence-corrected chi connectivity index (χ3v) is 2.45. The maximum atomic E-state index is 11.6. The Hall–Kier alpha value is -1.14. The molecule has 0 radical (unpaired) electrons. The van der Waals surface area contributed by atoms with Crippen LogP contribution in [0.15, 0.2) is 0 Å². The molecule has 0 bridgehead atoms. The minimum absolute atomic E-state index is 0.0257. The van der Waals surface area contributed by atoms with Crippen molar-refractivity contribution in [1.29, 1.82) is 0 Å². The van der Waals surface area contributed by atoms with E-state index >= 15 is 0 Å². The van der Waals surface area contributed by atoms with E-state index in [-0.39, 0.29) is 31.4 Å². The van der Waals surface area contributed by atoms with Crippen LogP contribution >= 0.6 is 0 Å². The molecular weight excluding hydrogens is 224 g/mol. The van der Waals surface area contributed by atoms with Crippen LogP contribution in [0.5, 0.6) is 0 Å². The van der Waals surface area contributed by atoms with Gasteiger partial charge in [-0.1, -0.05) is 0 Å². The molecule has 0 rings (SSSR count). The molecule has 0 spiro atoms. The van der Waals surface area contributed by atoms with Crippen LogP contribution in [0.1, 0.15) is 33.1 Å². The Morgan fingerprint density at radius 2 is 2.06 bits per heavy atom. The molecule has 1 amide bonds. The predicted octanol–water partition coefficient (Wildman–Crippen LogP) is 0.110. The summed E-state index contributed by atoms with van der Waals surface area (Å²) in [5.74, 6) is -1.05. The Bertz CT molecular complexity index is 262. The van der Waals surface area contributed by atoms with E-state index in [0.717, 1.165) is 0 Å². The average molecular weight is 246 g/mol. The molecule has 0 saturated heterocycles. The van der Waals surface area contributed by atoms with Gasteiger partial charge >= 0.3 is 5.97 Å². The van der Waals surface area contributed by atoms with Gasteiger partial charge in [-0.05, 0) is 20.3 Å². The molecular formula is C11H22N2O4. The normalized spacial score (nSPS) is 13.2. The highest BCUT2D eigenvalue weighted by Gasteiger charge is 2.22. The fourth-order valence-corrected chi connectivity index (χ4v) is 1.38. The molecule has 1 atom stereocenters. The van der Waals surface area contributed by atoms with Crippen molar-refractivity contribution in [3.63, 3.8) is 0 Å². The maximum Gasteiger partial charge on any atom is 0.303 e. The lowest BCUT2D eigenvalue weighted by Crippen LogP contribution is -2.45. The van der Waals surface area contributed by atoms with E-state index < -0.39 is 11.5 Å². The minimum atomic E-state index is -0.871. The molecule has 0 saturated carbocycles. The van der Waals surface area contributed by atoms with Gasteiger partial charge in [-0.2, -0.15) is 0 Å². The number of nitrogens with one attached hydrogen (secondary N) is 1. The van der Waals surface area contributed by atoms with Crippen LogP contribution in [0, 0.1) is 0 Å². The van der Waals surface area contributed by atoms with Gasteiger partial charge in [0.15, 0.2) is 0 Å². The highest BCUT2D eigenvalue weighted by Crippen LogP contribution is 2.11. The molecule has 1 unspecified atom stereocenters. The lowest BCUT2D eigenvalue weighted by molar-refractivity contribution is -0.138. The molecule has 100 valence electrons. The molecule has 0 fully saturated rings. The van der Waals surface area contributed by atoms with E-state index in [2.05, 4.69) is 5.32 Å². The Morgan fingerprint density at radius 1 is 1.47 bits per heavy atom. The summed E-state index contributed by atoms with van der Waals surface area (Å²) in [5.41, 5.74) is 4.87. The van der Waals surface area contributed by atoms with Gasteiger partial charge in [-0.3, -0.25) is 9.59 Å². The first-order valence-corrected chi connectivity index (χ1v) is 5.56. The molecule has 0 aromatic heterocycles. The van der Waals surface area contributed by atoms with Gasteiger partial charge in [0.25, 0.3) is 0 Å². The van der Waals surface area contributed by atoms with Gasteiger partial charge in [-0.25, -0.2) is 0 Å². The van der Waals surface area contributed by atoms with Crippen molar-refractivity contribution in [2.75, 3.05) is 13.7 Å². The molecule has 0 aliphatic carbocycles. The first kappa shape index (κ1) is 15.9. The van der Waals surface area contributed by atoms with E-state index in [1.165, 1.54) is 7.11 Å². The number of carboxylic acid groups (broad SMARTS) is 1. The number of hydrogen-bond donors (Lipinski definition) is 3. The van der Waals surface area contributed by atoms with E-state index in [0.29, 0.717) is 6.42 Å². The highest BCUT2D eigenvalue weighted by atomic mass is 16.5. The van der Waals surface area contributed by atoms with Crippen LogP contribution in [0.4, 0.5) is 0 Å². The summed E-state index contributed by atoms with van der Waals surface area (Å²) in [6.45, 7) is 3.86. The minimum Gasteiger partial charge on any atom is -0.481 e. The van der Waals surface area contributed by atoms with Crippen LogP contribution in [0.25, 0.3) is 0 Å². The molecule has 6 heteroatoms. The van der Waals surface area contributed by atoms with Crippen LogP contribution in [0.3, 0.4) is 0 Å². The summed E-state index contributed by atoms with van der Waals surface area (Å²) in [5, 5.41) is 11.4. The van der Waals surface area contributed by atoms with Gasteiger partial charge in [0.2, 0.25) is 5.91 Å². The number of nitrogens with two attached hydrogens (primary N) is 1. The van der Waals surface area contributed by atoms with Gasteiger partial charge in [0, 0.05) is 25.6 Å². The highest BCUT2D eigenvalue weighted by molar-refractivity contribution is 5.77. The molecule has 17 heavy (non-hydrogen) atoms. The van der Waals surface area contributed by atoms with Crippen molar-refractivity contribution in [3.05, 3.63) is 0 Å². The lowest BCUT2D eigenvalue weighted by Gasteiger charge is -2.26. The van der Waals surface area contributed by atoms with E-state index in [9.17, 15) is 9.59 Å². The Morgan fingerprint density at radius 3 is 2.47 bits per heavy atom. The van der Waals surface area contributed by atoms with E-state index in [4.69, 9.17) is 15.6 Å². The van der Waals surface area contributed by atoms with Crippen LogP contribution < -0.4 is 11.1 Å². The number of methoxy groups -OCH3 is 1. The molecule has 0 heterocycles. The Labute approximate surface area is 102 Å². The number of hydrogen-bond acceptors (Lipinski definition) is 4. The number of rotatable bonds is 8. The second-order valence-electron chi connectivity index (χ2n) is 4.62. The smallest absolute Gasteiger partial charge is 0.303 e. The molecule has 4 N–H and O–H groups in total. The van der Waals surface area contributed by atoms with Gasteiger partial charge in [-0.15, -0.1) is 0 Å². The zero-order valence-corrected chi connectivity index (χ0v) is 10.7. The first-order valence-electron chi connectivity index (χ1n) is 5.56. The average Bonchev–Trinajstić information content (AvgIpc) is 2.22. The number of carbonyl (C=O) groups excluding carboxylic acids is 1. The number of carboxylic acids is 1. The quantitative estimate of drug-likeness (QED) is 0.564. The van der Waals surface area contributed by atoms with E-state index in [1.807, 2.05) is 0 Å².